The number of hydrogen-bond donors (Lipinski definition) is 3. The minimum Gasteiger partial charge on any atom is -0.376 e. The summed E-state index contributed by atoms with van der Waals surface area (Å²) in [6.07, 6.45) is 3.90. The molecule has 3 amide bonds. The Bertz CT molecular complexity index is 702. The van der Waals surface area contributed by atoms with Gasteiger partial charge in [0.05, 0.1) is 11.7 Å². The zero-order valence-corrected chi connectivity index (χ0v) is 17.8. The Hall–Kier alpha value is -2.28. The predicted octanol–water partition coefficient (Wildman–Crippen LogP) is 2.66. The van der Waals surface area contributed by atoms with Crippen LogP contribution >= 0.6 is 0 Å². The maximum atomic E-state index is 12.7. The molecule has 0 saturated carbocycles. The van der Waals surface area contributed by atoms with Crippen LogP contribution in [0.1, 0.15) is 56.8 Å². The van der Waals surface area contributed by atoms with Gasteiger partial charge >= 0.3 is 6.03 Å². The van der Waals surface area contributed by atoms with E-state index >= 15 is 0 Å². The van der Waals surface area contributed by atoms with Crippen LogP contribution in [0.3, 0.4) is 0 Å². The van der Waals surface area contributed by atoms with Crippen molar-refractivity contribution in [3.8, 4) is 0 Å². The van der Waals surface area contributed by atoms with Crippen LogP contribution in [0, 0.1) is 0 Å². The molecule has 0 bridgehead atoms. The van der Waals surface area contributed by atoms with Crippen LogP contribution in [0.5, 0.6) is 0 Å². The zero-order chi connectivity index (χ0) is 20.9. The van der Waals surface area contributed by atoms with Gasteiger partial charge in [0, 0.05) is 43.5 Å². The quantitative estimate of drug-likeness (QED) is 0.707. The van der Waals surface area contributed by atoms with Crippen molar-refractivity contribution in [1.82, 2.24) is 16.0 Å². The number of rotatable bonds is 5. The van der Waals surface area contributed by atoms with Crippen LogP contribution in [-0.4, -0.2) is 55.9 Å². The molecule has 7 nitrogen and oxygen atoms in total. The summed E-state index contributed by atoms with van der Waals surface area (Å²) < 4.78 is 5.59. The van der Waals surface area contributed by atoms with Gasteiger partial charge in [-0.05, 0) is 58.6 Å². The largest absolute Gasteiger partial charge is 0.376 e. The fourth-order valence-electron chi connectivity index (χ4n) is 3.88. The highest BCUT2D eigenvalue weighted by Crippen LogP contribution is 2.24. The van der Waals surface area contributed by atoms with Crippen molar-refractivity contribution in [2.75, 3.05) is 31.1 Å². The van der Waals surface area contributed by atoms with Crippen molar-refractivity contribution in [1.29, 1.82) is 0 Å². The second-order valence-electron chi connectivity index (χ2n) is 8.97. The van der Waals surface area contributed by atoms with Gasteiger partial charge in [0.25, 0.3) is 5.91 Å². The molecule has 3 rings (SSSR count). The second-order valence-corrected chi connectivity index (χ2v) is 8.97. The van der Waals surface area contributed by atoms with Gasteiger partial charge in [-0.15, -0.1) is 0 Å². The lowest BCUT2D eigenvalue weighted by Gasteiger charge is -2.35. The normalized spacial score (nSPS) is 20.4. The summed E-state index contributed by atoms with van der Waals surface area (Å²) in [5.41, 5.74) is 1.40. The van der Waals surface area contributed by atoms with Crippen molar-refractivity contribution < 1.29 is 14.3 Å². The van der Waals surface area contributed by atoms with E-state index in [1.807, 2.05) is 45.0 Å². The van der Waals surface area contributed by atoms with Gasteiger partial charge < -0.3 is 25.6 Å². The SMILES string of the molecule is CC(C)(C)NC(=O)NC1CCN(c2ccccc2C(=O)NC[C@H]2CCCO2)CC1. The average molecular weight is 403 g/mol. The minimum atomic E-state index is -0.249. The van der Waals surface area contributed by atoms with Crippen LogP contribution in [-0.2, 0) is 4.74 Å². The Balaban J connectivity index is 1.54. The summed E-state index contributed by atoms with van der Waals surface area (Å²) in [6.45, 7) is 8.85. The highest BCUT2D eigenvalue weighted by molar-refractivity contribution is 5.99. The van der Waals surface area contributed by atoms with E-state index in [1.165, 1.54) is 0 Å². The van der Waals surface area contributed by atoms with E-state index in [0.717, 1.165) is 51.1 Å². The zero-order valence-electron chi connectivity index (χ0n) is 17.8. The summed E-state index contributed by atoms with van der Waals surface area (Å²) in [5.74, 6) is -0.0547. The van der Waals surface area contributed by atoms with Gasteiger partial charge in [-0.25, -0.2) is 4.79 Å². The molecule has 1 aromatic carbocycles. The van der Waals surface area contributed by atoms with Gasteiger partial charge in [0.15, 0.2) is 0 Å². The molecule has 2 fully saturated rings. The van der Waals surface area contributed by atoms with Crippen LogP contribution in [0.15, 0.2) is 24.3 Å². The summed E-state index contributed by atoms with van der Waals surface area (Å²) in [5, 5.41) is 9.03. The highest BCUT2D eigenvalue weighted by Gasteiger charge is 2.25. The fourth-order valence-corrected chi connectivity index (χ4v) is 3.88. The lowest BCUT2D eigenvalue weighted by molar-refractivity contribution is 0.0858. The molecule has 0 radical (unpaired) electrons. The smallest absolute Gasteiger partial charge is 0.315 e. The fraction of sp³-hybridized carbons (Fsp3) is 0.636. The molecule has 160 valence electrons. The minimum absolute atomic E-state index is 0.0547. The number of ether oxygens (including phenoxy) is 1. The highest BCUT2D eigenvalue weighted by atomic mass is 16.5. The van der Waals surface area contributed by atoms with E-state index in [0.29, 0.717) is 12.1 Å². The molecule has 29 heavy (non-hydrogen) atoms. The molecule has 0 aromatic heterocycles. The third-order valence-electron chi connectivity index (χ3n) is 5.32. The molecule has 2 heterocycles. The van der Waals surface area contributed by atoms with E-state index in [2.05, 4.69) is 20.9 Å². The average Bonchev–Trinajstić information content (AvgIpc) is 3.19. The van der Waals surface area contributed by atoms with Crippen LogP contribution in [0.2, 0.25) is 0 Å². The molecule has 0 aliphatic carbocycles. The van der Waals surface area contributed by atoms with Crippen LogP contribution < -0.4 is 20.9 Å². The maximum Gasteiger partial charge on any atom is 0.315 e. The van der Waals surface area contributed by atoms with Gasteiger partial charge in [-0.1, -0.05) is 12.1 Å². The second kappa shape index (κ2) is 9.48. The topological polar surface area (TPSA) is 82.7 Å². The summed E-state index contributed by atoms with van der Waals surface area (Å²) in [7, 11) is 0. The van der Waals surface area contributed by atoms with E-state index in [9.17, 15) is 9.59 Å². The molecule has 7 heteroatoms. The number of urea groups is 1. The number of anilines is 1. The van der Waals surface area contributed by atoms with E-state index < -0.39 is 0 Å². The number of para-hydroxylation sites is 1. The number of nitrogens with one attached hydrogen (secondary N) is 3. The molecule has 2 aliphatic rings. The van der Waals surface area contributed by atoms with E-state index in [-0.39, 0.29) is 29.6 Å². The molecule has 0 spiro atoms. The van der Waals surface area contributed by atoms with Crippen molar-refractivity contribution >= 4 is 17.6 Å². The van der Waals surface area contributed by atoms with Crippen molar-refractivity contribution in [3.63, 3.8) is 0 Å². The molecule has 2 aliphatic heterocycles. The maximum absolute atomic E-state index is 12.7. The Morgan fingerprint density at radius 1 is 1.14 bits per heavy atom. The molecule has 3 N–H and O–H groups in total. The predicted molar refractivity (Wildman–Crippen MR) is 114 cm³/mol. The lowest BCUT2D eigenvalue weighted by Crippen LogP contribution is -2.52. The summed E-state index contributed by atoms with van der Waals surface area (Å²) >= 11 is 0. The Labute approximate surface area is 173 Å². The Kier molecular flexibility index (Phi) is 7.00. The van der Waals surface area contributed by atoms with Crippen molar-refractivity contribution in [3.05, 3.63) is 29.8 Å². The number of amides is 3. The molecule has 1 atom stereocenters. The molecule has 2 saturated heterocycles. The monoisotopic (exact) mass is 402 g/mol. The standard InChI is InChI=1S/C22H34N4O3/c1-22(2,3)25-21(28)24-16-10-12-26(13-11-16)19-9-5-4-8-18(19)20(27)23-15-17-7-6-14-29-17/h4-5,8-9,16-17H,6-7,10-15H2,1-3H3,(H,23,27)(H2,24,25,28)/t17-/m1/s1. The summed E-state index contributed by atoms with van der Waals surface area (Å²) in [6, 6.07) is 7.77. The first-order chi connectivity index (χ1) is 13.8. The molecule has 1 aromatic rings. The first-order valence-electron chi connectivity index (χ1n) is 10.6. The Morgan fingerprint density at radius 3 is 2.52 bits per heavy atom. The van der Waals surface area contributed by atoms with Crippen LogP contribution in [0.4, 0.5) is 10.5 Å². The number of carbonyl (C=O) groups excluding carboxylic acids is 2. The van der Waals surface area contributed by atoms with Crippen molar-refractivity contribution in [2.24, 2.45) is 0 Å². The third-order valence-corrected chi connectivity index (χ3v) is 5.32. The number of carbonyl (C=O) groups is 2. The lowest BCUT2D eigenvalue weighted by atomic mass is 10.0. The van der Waals surface area contributed by atoms with Gasteiger partial charge in [0.1, 0.15) is 0 Å². The Morgan fingerprint density at radius 2 is 1.86 bits per heavy atom. The van der Waals surface area contributed by atoms with Gasteiger partial charge in [-0.3, -0.25) is 4.79 Å². The van der Waals surface area contributed by atoms with Crippen molar-refractivity contribution in [2.45, 2.75) is 64.1 Å². The number of nitrogens with zero attached hydrogens (tertiary/aromatic N) is 1. The van der Waals surface area contributed by atoms with Gasteiger partial charge in [0.2, 0.25) is 0 Å². The van der Waals surface area contributed by atoms with Gasteiger partial charge in [-0.2, -0.15) is 0 Å². The number of hydrogen-bond acceptors (Lipinski definition) is 4. The van der Waals surface area contributed by atoms with Crippen LogP contribution in [0.25, 0.3) is 0 Å². The van der Waals surface area contributed by atoms with E-state index in [1.54, 1.807) is 0 Å². The number of piperidine rings is 1. The molecular formula is C22H34N4O3. The molecule has 0 unspecified atom stereocenters. The third kappa shape index (κ3) is 6.35. The summed E-state index contributed by atoms with van der Waals surface area (Å²) in [4.78, 5) is 27.1. The molecular weight excluding hydrogens is 368 g/mol. The van der Waals surface area contributed by atoms with E-state index in [4.69, 9.17) is 4.74 Å². The number of benzene rings is 1. The first-order valence-corrected chi connectivity index (χ1v) is 10.6. The first kappa shape index (κ1) is 21.4.